The molecule has 0 spiro atoms. The molecule has 0 saturated carbocycles. The van der Waals surface area contributed by atoms with Crippen molar-refractivity contribution in [2.75, 3.05) is 6.54 Å². The number of Topliss-reactive ketones (excluding diaryl/α,β-unsaturated/α-hetero) is 1. The van der Waals surface area contributed by atoms with Crippen LogP contribution in [-0.2, 0) is 14.4 Å². The van der Waals surface area contributed by atoms with Gasteiger partial charge in [-0.1, -0.05) is 30.3 Å². The van der Waals surface area contributed by atoms with Crippen LogP contribution in [0.4, 0.5) is 0 Å². The fourth-order valence-corrected chi connectivity index (χ4v) is 1.85. The number of aliphatic carboxylic acids is 1. The first-order valence-corrected chi connectivity index (χ1v) is 6.06. The lowest BCUT2D eigenvalue weighted by Crippen LogP contribution is -2.24. The minimum absolute atomic E-state index is 0.0566. The summed E-state index contributed by atoms with van der Waals surface area (Å²) in [4.78, 5) is 32.8. The van der Waals surface area contributed by atoms with Gasteiger partial charge < -0.3 is 10.4 Å². The lowest BCUT2D eigenvalue weighted by molar-refractivity contribution is -0.149. The van der Waals surface area contributed by atoms with Crippen molar-refractivity contribution in [3.05, 3.63) is 35.9 Å². The number of carboxylic acids is 1. The van der Waals surface area contributed by atoms with E-state index in [1.165, 1.54) is 6.92 Å². The third-order valence-corrected chi connectivity index (χ3v) is 2.81. The van der Waals surface area contributed by atoms with Gasteiger partial charge in [0.15, 0.2) is 0 Å². The summed E-state index contributed by atoms with van der Waals surface area (Å²) >= 11 is 0. The van der Waals surface area contributed by atoms with Crippen LogP contribution in [0.5, 0.6) is 0 Å². The Kier molecular flexibility index (Phi) is 5.73. The third kappa shape index (κ3) is 5.33. The van der Waals surface area contributed by atoms with E-state index in [0.717, 1.165) is 5.56 Å². The van der Waals surface area contributed by atoms with Crippen LogP contribution in [0.3, 0.4) is 0 Å². The molecule has 102 valence electrons. The third-order valence-electron chi connectivity index (χ3n) is 2.81. The Morgan fingerprint density at radius 1 is 1.21 bits per heavy atom. The second kappa shape index (κ2) is 7.31. The van der Waals surface area contributed by atoms with Crippen molar-refractivity contribution in [1.82, 2.24) is 5.32 Å². The molecule has 5 nitrogen and oxygen atoms in total. The zero-order valence-electron chi connectivity index (χ0n) is 10.8. The molecule has 1 rings (SSSR count). The van der Waals surface area contributed by atoms with E-state index in [-0.39, 0.29) is 18.2 Å². The van der Waals surface area contributed by atoms with Crippen LogP contribution < -0.4 is 5.32 Å². The van der Waals surface area contributed by atoms with Gasteiger partial charge in [-0.3, -0.25) is 9.59 Å². The number of nitrogens with one attached hydrogen (secondary N) is 1. The Labute approximate surface area is 111 Å². The number of hydrogen-bond donors (Lipinski definition) is 2. The summed E-state index contributed by atoms with van der Waals surface area (Å²) in [5.74, 6) is -2.56. The summed E-state index contributed by atoms with van der Waals surface area (Å²) in [6.45, 7) is 1.84. The fraction of sp³-hybridized carbons (Fsp3) is 0.357. The van der Waals surface area contributed by atoms with E-state index in [9.17, 15) is 14.4 Å². The number of rotatable bonds is 7. The molecule has 0 saturated heterocycles. The van der Waals surface area contributed by atoms with Gasteiger partial charge >= 0.3 is 5.97 Å². The van der Waals surface area contributed by atoms with Crippen LogP contribution in [0.25, 0.3) is 0 Å². The quantitative estimate of drug-likeness (QED) is 0.727. The van der Waals surface area contributed by atoms with Crippen molar-refractivity contribution in [2.45, 2.75) is 25.7 Å². The van der Waals surface area contributed by atoms with E-state index in [2.05, 4.69) is 5.32 Å². The van der Waals surface area contributed by atoms with E-state index in [0.29, 0.717) is 13.0 Å². The lowest BCUT2D eigenvalue weighted by atomic mass is 9.90. The van der Waals surface area contributed by atoms with Crippen LogP contribution in [0.2, 0.25) is 0 Å². The monoisotopic (exact) mass is 263 g/mol. The maximum Gasteiger partial charge on any atom is 0.372 e. The van der Waals surface area contributed by atoms with Crippen molar-refractivity contribution < 1.29 is 19.5 Å². The molecular weight excluding hydrogens is 246 g/mol. The Balaban J connectivity index is 2.70. The standard InChI is InChI=1S/C14H17NO4/c1-10(16)15-8-7-12(9-13(17)14(18)19)11-5-3-2-4-6-11/h2-6,12H,7-9H2,1H3,(H,15,16)(H,18,19). The van der Waals surface area contributed by atoms with Crippen molar-refractivity contribution in [2.24, 2.45) is 0 Å². The van der Waals surface area contributed by atoms with E-state index < -0.39 is 11.8 Å². The molecule has 1 atom stereocenters. The molecule has 1 aromatic rings. The second-order valence-electron chi connectivity index (χ2n) is 4.31. The SMILES string of the molecule is CC(=O)NCCC(CC(=O)C(=O)O)c1ccccc1. The van der Waals surface area contributed by atoms with E-state index >= 15 is 0 Å². The van der Waals surface area contributed by atoms with Gasteiger partial charge in [-0.25, -0.2) is 4.79 Å². The second-order valence-corrected chi connectivity index (χ2v) is 4.31. The van der Waals surface area contributed by atoms with Gasteiger partial charge in [0.25, 0.3) is 0 Å². The first kappa shape index (κ1) is 14.9. The average Bonchev–Trinajstić information content (AvgIpc) is 2.38. The molecule has 19 heavy (non-hydrogen) atoms. The summed E-state index contributed by atoms with van der Waals surface area (Å²) in [5, 5.41) is 11.3. The largest absolute Gasteiger partial charge is 0.476 e. The number of hydrogen-bond acceptors (Lipinski definition) is 3. The van der Waals surface area contributed by atoms with Crippen LogP contribution >= 0.6 is 0 Å². The molecule has 2 N–H and O–H groups in total. The first-order valence-electron chi connectivity index (χ1n) is 6.06. The van der Waals surface area contributed by atoms with Crippen molar-refractivity contribution in [3.8, 4) is 0 Å². The number of ketones is 1. The molecule has 1 unspecified atom stereocenters. The zero-order chi connectivity index (χ0) is 14.3. The van der Waals surface area contributed by atoms with Gasteiger partial charge in [-0.05, 0) is 17.9 Å². The Morgan fingerprint density at radius 3 is 2.37 bits per heavy atom. The average molecular weight is 263 g/mol. The molecule has 0 aliphatic rings. The van der Waals surface area contributed by atoms with Crippen LogP contribution in [0.1, 0.15) is 31.2 Å². The number of amides is 1. The first-order chi connectivity index (χ1) is 9.00. The lowest BCUT2D eigenvalue weighted by Gasteiger charge is -2.16. The molecule has 5 heteroatoms. The van der Waals surface area contributed by atoms with E-state index in [4.69, 9.17) is 5.11 Å². The van der Waals surface area contributed by atoms with Gasteiger partial charge in [0.1, 0.15) is 0 Å². The number of carboxylic acid groups (broad SMARTS) is 1. The maximum atomic E-state index is 11.3. The number of carbonyl (C=O) groups is 3. The fourth-order valence-electron chi connectivity index (χ4n) is 1.85. The predicted octanol–water partition coefficient (Wildman–Crippen LogP) is 1.34. The highest BCUT2D eigenvalue weighted by molar-refractivity contribution is 6.32. The maximum absolute atomic E-state index is 11.3. The van der Waals surface area contributed by atoms with E-state index in [1.807, 2.05) is 30.3 Å². The summed E-state index contributed by atoms with van der Waals surface area (Å²) in [5.41, 5.74) is 0.905. The smallest absolute Gasteiger partial charge is 0.372 e. The van der Waals surface area contributed by atoms with Crippen LogP contribution in [-0.4, -0.2) is 29.3 Å². The summed E-state index contributed by atoms with van der Waals surface area (Å²) in [7, 11) is 0. The van der Waals surface area contributed by atoms with Gasteiger partial charge in [-0.15, -0.1) is 0 Å². The van der Waals surface area contributed by atoms with Gasteiger partial charge in [0.2, 0.25) is 11.7 Å². The molecule has 0 radical (unpaired) electrons. The Morgan fingerprint density at radius 2 is 1.84 bits per heavy atom. The molecule has 0 aliphatic heterocycles. The topological polar surface area (TPSA) is 83.5 Å². The van der Waals surface area contributed by atoms with Crippen LogP contribution in [0, 0.1) is 0 Å². The number of carbonyl (C=O) groups excluding carboxylic acids is 2. The van der Waals surface area contributed by atoms with Crippen molar-refractivity contribution >= 4 is 17.7 Å². The highest BCUT2D eigenvalue weighted by Crippen LogP contribution is 2.23. The summed E-state index contributed by atoms with van der Waals surface area (Å²) in [6.07, 6.45) is 0.474. The van der Waals surface area contributed by atoms with Gasteiger partial charge in [0, 0.05) is 19.9 Å². The van der Waals surface area contributed by atoms with E-state index in [1.54, 1.807) is 0 Å². The molecule has 0 aliphatic carbocycles. The highest BCUT2D eigenvalue weighted by atomic mass is 16.4. The molecule has 1 aromatic carbocycles. The summed E-state index contributed by atoms with van der Waals surface area (Å²) < 4.78 is 0. The minimum atomic E-state index is -1.42. The predicted molar refractivity (Wildman–Crippen MR) is 69.7 cm³/mol. The van der Waals surface area contributed by atoms with Crippen LogP contribution in [0.15, 0.2) is 30.3 Å². The number of benzene rings is 1. The Bertz CT molecular complexity index is 456. The molecule has 0 aromatic heterocycles. The molecular formula is C14H17NO4. The Hall–Kier alpha value is -2.17. The molecule has 0 bridgehead atoms. The van der Waals surface area contributed by atoms with Gasteiger partial charge in [-0.2, -0.15) is 0 Å². The van der Waals surface area contributed by atoms with Crippen molar-refractivity contribution in [1.29, 1.82) is 0 Å². The normalized spacial score (nSPS) is 11.6. The highest BCUT2D eigenvalue weighted by Gasteiger charge is 2.20. The minimum Gasteiger partial charge on any atom is -0.476 e. The van der Waals surface area contributed by atoms with Gasteiger partial charge in [0.05, 0.1) is 0 Å². The zero-order valence-corrected chi connectivity index (χ0v) is 10.8. The molecule has 0 fully saturated rings. The summed E-state index contributed by atoms with van der Waals surface area (Å²) in [6, 6.07) is 9.24. The van der Waals surface area contributed by atoms with Crippen molar-refractivity contribution in [3.63, 3.8) is 0 Å². The molecule has 1 amide bonds. The molecule has 0 heterocycles.